The van der Waals surface area contributed by atoms with Crippen molar-refractivity contribution in [2.24, 2.45) is 5.92 Å². The van der Waals surface area contributed by atoms with E-state index in [0.29, 0.717) is 5.56 Å². The Morgan fingerprint density at radius 2 is 1.50 bits per heavy atom. The van der Waals surface area contributed by atoms with Gasteiger partial charge in [0.2, 0.25) is 5.91 Å². The molecule has 0 bridgehead atoms. The Bertz CT molecular complexity index is 1560. The number of anilines is 1. The molecule has 13 heteroatoms. The van der Waals surface area contributed by atoms with Gasteiger partial charge in [0.15, 0.2) is 5.78 Å². The summed E-state index contributed by atoms with van der Waals surface area (Å²) < 4.78 is 42.0. The van der Waals surface area contributed by atoms with Crippen LogP contribution in [0.3, 0.4) is 0 Å². The highest BCUT2D eigenvalue weighted by atomic mass is 35.5. The molecule has 0 spiro atoms. The second-order valence-electron chi connectivity index (χ2n) is 9.22. The van der Waals surface area contributed by atoms with Gasteiger partial charge < -0.3 is 5.32 Å². The topological polar surface area (TPSA) is 63.2 Å². The predicted octanol–water partition coefficient (Wildman–Crippen LogP) is 8.80. The van der Waals surface area contributed by atoms with Crippen LogP contribution in [-0.2, 0) is 22.4 Å². The lowest BCUT2D eigenvalue weighted by molar-refractivity contribution is -0.117. The quantitative estimate of drug-likeness (QED) is 0.148. The van der Waals surface area contributed by atoms with E-state index in [2.05, 4.69) is 5.32 Å². The number of amides is 1. The summed E-state index contributed by atoms with van der Waals surface area (Å²) >= 11 is 36.9. The van der Waals surface area contributed by atoms with Crippen molar-refractivity contribution in [1.29, 1.82) is 0 Å². The zero-order valence-electron chi connectivity index (χ0n) is 20.2. The minimum absolute atomic E-state index is 0.118. The van der Waals surface area contributed by atoms with Gasteiger partial charge in [0.1, 0.15) is 27.6 Å². The summed E-state index contributed by atoms with van der Waals surface area (Å²) in [6, 6.07) is 6.93. The maximum absolute atomic E-state index is 14.9. The van der Waals surface area contributed by atoms with Crippen LogP contribution >= 0.6 is 69.6 Å². The SMILES string of the molecule is CC(=O)Cc1c(F)ccc(CC(=O)c2cc(NC(=O)[C@H]3[C@H](c4cc(Cl)c(Cl)c(Cl)c4)C3(Cl)Cl)cc(F)c2Cl)c1F. The number of Topliss-reactive ketones (excluding diaryl/α,β-unsaturated/α-hetero) is 2. The largest absolute Gasteiger partial charge is 0.326 e. The fourth-order valence-corrected chi connectivity index (χ4v) is 6.02. The zero-order valence-corrected chi connectivity index (χ0v) is 24.7. The number of ketones is 2. The number of carbonyl (C=O) groups is 3. The summed E-state index contributed by atoms with van der Waals surface area (Å²) in [4.78, 5) is 37.5. The molecule has 1 saturated carbocycles. The molecule has 2 atom stereocenters. The molecule has 4 nitrogen and oxygen atoms in total. The number of benzene rings is 3. The number of alkyl halides is 2. The lowest BCUT2D eigenvalue weighted by Gasteiger charge is -2.12. The van der Waals surface area contributed by atoms with Crippen LogP contribution in [0, 0.1) is 23.4 Å². The maximum Gasteiger partial charge on any atom is 0.231 e. The summed E-state index contributed by atoms with van der Waals surface area (Å²) in [5, 5.41) is 2.29. The van der Waals surface area contributed by atoms with Gasteiger partial charge in [-0.25, -0.2) is 13.2 Å². The van der Waals surface area contributed by atoms with E-state index in [1.807, 2.05) is 0 Å². The lowest BCUT2D eigenvalue weighted by Crippen LogP contribution is -2.18. The summed E-state index contributed by atoms with van der Waals surface area (Å²) in [7, 11) is 0. The Morgan fingerprint density at radius 1 is 0.875 bits per heavy atom. The van der Waals surface area contributed by atoms with Gasteiger partial charge in [-0.05, 0) is 48.4 Å². The van der Waals surface area contributed by atoms with Gasteiger partial charge in [-0.1, -0.05) is 52.5 Å². The van der Waals surface area contributed by atoms with Crippen molar-refractivity contribution in [3.8, 4) is 0 Å². The smallest absolute Gasteiger partial charge is 0.231 e. The van der Waals surface area contributed by atoms with E-state index < -0.39 is 74.5 Å². The predicted molar refractivity (Wildman–Crippen MR) is 151 cm³/mol. The second kappa shape index (κ2) is 11.7. The van der Waals surface area contributed by atoms with Crippen molar-refractivity contribution in [3.63, 3.8) is 0 Å². The third-order valence-corrected chi connectivity index (χ3v) is 8.86. The standard InChI is InChI=1S/C27H16Cl6F3NO3/c1-10(38)4-14-18(34)3-2-11(25(14)36)7-20(39)15-8-13(9-19(35)23(15)30)37-26(40)22-21(27(22,32)33)12-5-16(28)24(31)17(29)6-12/h2-3,5-6,8-9,21-22H,4,7H2,1H3,(H,37,40)/t21-,22+/m0/s1. The minimum Gasteiger partial charge on any atom is -0.326 e. The first kappa shape index (κ1) is 30.9. The molecule has 0 heterocycles. The van der Waals surface area contributed by atoms with E-state index in [4.69, 9.17) is 69.6 Å². The van der Waals surface area contributed by atoms with Gasteiger partial charge in [-0.2, -0.15) is 0 Å². The lowest BCUT2D eigenvalue weighted by atomic mass is 9.98. The molecule has 3 aromatic rings. The normalized spacial score (nSPS) is 17.4. The first-order valence-corrected chi connectivity index (χ1v) is 13.7. The van der Waals surface area contributed by atoms with Crippen molar-refractivity contribution in [3.05, 3.63) is 96.2 Å². The Labute approximate surface area is 256 Å². The second-order valence-corrected chi connectivity index (χ2v) is 12.2. The molecule has 1 amide bonds. The molecule has 0 radical (unpaired) electrons. The van der Waals surface area contributed by atoms with E-state index in [9.17, 15) is 27.6 Å². The number of halogens is 9. The number of hydrogen-bond acceptors (Lipinski definition) is 3. The van der Waals surface area contributed by atoms with Crippen LogP contribution in [-0.4, -0.2) is 21.8 Å². The molecule has 0 unspecified atom stereocenters. The van der Waals surface area contributed by atoms with Crippen LogP contribution in [0.25, 0.3) is 0 Å². The van der Waals surface area contributed by atoms with Crippen LogP contribution in [0.2, 0.25) is 20.1 Å². The van der Waals surface area contributed by atoms with Gasteiger partial charge in [0.25, 0.3) is 0 Å². The minimum atomic E-state index is -1.55. The van der Waals surface area contributed by atoms with Crippen molar-refractivity contribution in [2.45, 2.75) is 30.0 Å². The van der Waals surface area contributed by atoms with E-state index in [1.54, 1.807) is 0 Å². The van der Waals surface area contributed by atoms with Crippen LogP contribution in [0.4, 0.5) is 18.9 Å². The Hall–Kier alpha value is -2.00. The molecular weight excluding hydrogens is 656 g/mol. The highest BCUT2D eigenvalue weighted by molar-refractivity contribution is 6.54. The molecular formula is C27H16Cl6F3NO3. The number of carbonyl (C=O) groups excluding carboxylic acids is 3. The van der Waals surface area contributed by atoms with Gasteiger partial charge in [-0.3, -0.25) is 14.4 Å². The third-order valence-electron chi connectivity index (χ3n) is 6.34. The molecule has 0 saturated heterocycles. The zero-order chi connectivity index (χ0) is 29.7. The Kier molecular flexibility index (Phi) is 9.06. The molecule has 4 rings (SSSR count). The molecule has 0 aliphatic heterocycles. The van der Waals surface area contributed by atoms with E-state index in [-0.39, 0.29) is 31.9 Å². The van der Waals surface area contributed by atoms with Gasteiger partial charge in [-0.15, -0.1) is 23.2 Å². The van der Waals surface area contributed by atoms with Crippen LogP contribution < -0.4 is 5.32 Å². The molecule has 3 aromatic carbocycles. The average Bonchev–Trinajstić information content (AvgIpc) is 3.45. The van der Waals surface area contributed by atoms with Gasteiger partial charge in [0, 0.05) is 35.6 Å². The highest BCUT2D eigenvalue weighted by Crippen LogP contribution is 2.65. The molecule has 1 aliphatic carbocycles. The fraction of sp³-hybridized carbons (Fsp3) is 0.222. The van der Waals surface area contributed by atoms with Gasteiger partial charge in [0.05, 0.1) is 26.0 Å². The summed E-state index contributed by atoms with van der Waals surface area (Å²) in [6.45, 7) is 1.17. The highest BCUT2D eigenvalue weighted by Gasteiger charge is 2.67. The van der Waals surface area contributed by atoms with E-state index in [0.717, 1.165) is 24.3 Å². The summed E-state index contributed by atoms with van der Waals surface area (Å²) in [5.74, 6) is -6.77. The molecule has 0 aromatic heterocycles. The Balaban J connectivity index is 1.57. The maximum atomic E-state index is 14.9. The average molecular weight is 672 g/mol. The first-order chi connectivity index (χ1) is 18.6. The number of nitrogens with one attached hydrogen (secondary N) is 1. The fourth-order valence-electron chi connectivity index (χ4n) is 4.37. The summed E-state index contributed by atoms with van der Waals surface area (Å²) in [5.41, 5.74) is -0.754. The summed E-state index contributed by atoms with van der Waals surface area (Å²) in [6.07, 6.45) is -1.13. The molecule has 1 N–H and O–H groups in total. The molecule has 1 aliphatic rings. The number of rotatable bonds is 8. The van der Waals surface area contributed by atoms with Crippen LogP contribution in [0.5, 0.6) is 0 Å². The van der Waals surface area contributed by atoms with Crippen LogP contribution in [0.1, 0.15) is 39.9 Å². The van der Waals surface area contributed by atoms with Crippen LogP contribution in [0.15, 0.2) is 36.4 Å². The van der Waals surface area contributed by atoms with Gasteiger partial charge >= 0.3 is 0 Å². The van der Waals surface area contributed by atoms with Crippen molar-refractivity contribution >= 4 is 92.8 Å². The van der Waals surface area contributed by atoms with Crippen molar-refractivity contribution in [2.75, 3.05) is 5.32 Å². The first-order valence-electron chi connectivity index (χ1n) is 11.4. The molecule has 210 valence electrons. The Morgan fingerprint density at radius 3 is 2.10 bits per heavy atom. The molecule has 1 fully saturated rings. The van der Waals surface area contributed by atoms with E-state index >= 15 is 0 Å². The monoisotopic (exact) mass is 669 g/mol. The molecule has 40 heavy (non-hydrogen) atoms. The van der Waals surface area contributed by atoms with Crippen molar-refractivity contribution in [1.82, 2.24) is 0 Å². The third kappa shape index (κ3) is 6.10. The van der Waals surface area contributed by atoms with Crippen molar-refractivity contribution < 1.29 is 27.6 Å². The van der Waals surface area contributed by atoms with E-state index in [1.165, 1.54) is 19.1 Å². The number of hydrogen-bond donors (Lipinski definition) is 1.